The molecule has 0 bridgehead atoms. The Balaban J connectivity index is 1.88. The van der Waals surface area contributed by atoms with E-state index in [2.05, 4.69) is 0 Å². The van der Waals surface area contributed by atoms with E-state index in [1.807, 2.05) is 30.3 Å². The highest BCUT2D eigenvalue weighted by Gasteiger charge is 2.41. The Hall–Kier alpha value is -2.62. The summed E-state index contributed by atoms with van der Waals surface area (Å²) in [6.07, 6.45) is -0.00254. The van der Waals surface area contributed by atoms with Gasteiger partial charge >= 0.3 is 5.97 Å². The van der Waals surface area contributed by atoms with Gasteiger partial charge in [-0.1, -0.05) is 48.5 Å². The number of hydrogen-bond donors (Lipinski definition) is 0. The second kappa shape index (κ2) is 6.65. The molecule has 1 heterocycles. The zero-order chi connectivity index (χ0) is 16.2. The van der Waals surface area contributed by atoms with Crippen molar-refractivity contribution in [3.63, 3.8) is 0 Å². The van der Waals surface area contributed by atoms with Crippen LogP contribution in [0.15, 0.2) is 54.6 Å². The monoisotopic (exact) mass is 310 g/mol. The van der Waals surface area contributed by atoms with Gasteiger partial charge in [0, 0.05) is 12.0 Å². The second-order valence-corrected chi connectivity index (χ2v) is 5.43. The predicted molar refractivity (Wildman–Crippen MR) is 85.5 cm³/mol. The normalized spacial score (nSPS) is 17.0. The summed E-state index contributed by atoms with van der Waals surface area (Å²) in [5, 5.41) is 0. The van der Waals surface area contributed by atoms with Crippen molar-refractivity contribution in [1.82, 2.24) is 0 Å². The van der Waals surface area contributed by atoms with Crippen molar-refractivity contribution in [2.45, 2.75) is 19.4 Å². The fourth-order valence-corrected chi connectivity index (χ4v) is 2.84. The predicted octanol–water partition coefficient (Wildman–Crippen LogP) is 3.05. The van der Waals surface area contributed by atoms with Crippen molar-refractivity contribution in [3.8, 4) is 5.75 Å². The van der Waals surface area contributed by atoms with Gasteiger partial charge in [0.2, 0.25) is 0 Å². The van der Waals surface area contributed by atoms with Gasteiger partial charge < -0.3 is 9.47 Å². The van der Waals surface area contributed by atoms with Crippen molar-refractivity contribution in [3.05, 3.63) is 65.7 Å². The molecule has 4 heteroatoms. The first-order valence-electron chi connectivity index (χ1n) is 7.71. The molecule has 0 amide bonds. The summed E-state index contributed by atoms with van der Waals surface area (Å²) in [5.74, 6) is -1.02. The first-order valence-corrected chi connectivity index (χ1v) is 7.71. The number of benzene rings is 2. The Morgan fingerprint density at radius 3 is 2.52 bits per heavy atom. The number of Topliss-reactive ketones (excluding diaryl/α,β-unsaturated/α-hetero) is 1. The highest BCUT2D eigenvalue weighted by molar-refractivity contribution is 6.09. The third kappa shape index (κ3) is 3.11. The van der Waals surface area contributed by atoms with Crippen molar-refractivity contribution in [1.29, 1.82) is 0 Å². The van der Waals surface area contributed by atoms with E-state index in [0.29, 0.717) is 12.0 Å². The second-order valence-electron chi connectivity index (χ2n) is 5.43. The molecule has 2 atom stereocenters. The molecule has 0 aliphatic carbocycles. The van der Waals surface area contributed by atoms with Crippen LogP contribution in [0.25, 0.3) is 0 Å². The number of fused-ring (bicyclic) bond motifs is 1. The molecular weight excluding hydrogens is 292 g/mol. The van der Waals surface area contributed by atoms with Crippen LogP contribution in [0.2, 0.25) is 0 Å². The van der Waals surface area contributed by atoms with Crippen LogP contribution < -0.4 is 4.74 Å². The minimum absolute atomic E-state index is 0.233. The molecule has 3 rings (SSSR count). The quantitative estimate of drug-likeness (QED) is 0.484. The molecule has 0 saturated heterocycles. The van der Waals surface area contributed by atoms with E-state index in [4.69, 9.17) is 9.47 Å². The summed E-state index contributed by atoms with van der Waals surface area (Å²) in [4.78, 5) is 25.2. The van der Waals surface area contributed by atoms with E-state index >= 15 is 0 Å². The number of hydrogen-bond acceptors (Lipinski definition) is 4. The molecular formula is C19H18O4. The Bertz CT molecular complexity index is 683. The highest BCUT2D eigenvalue weighted by atomic mass is 16.5. The third-order valence-electron chi connectivity index (χ3n) is 3.93. The Labute approximate surface area is 135 Å². The number of ketones is 1. The largest absolute Gasteiger partial charge is 0.488 e. The Morgan fingerprint density at radius 1 is 1.13 bits per heavy atom. The summed E-state index contributed by atoms with van der Waals surface area (Å²) >= 11 is 0. The van der Waals surface area contributed by atoms with Gasteiger partial charge in [0.15, 0.2) is 11.7 Å². The maximum Gasteiger partial charge on any atom is 0.320 e. The van der Waals surface area contributed by atoms with E-state index in [-0.39, 0.29) is 12.4 Å². The van der Waals surface area contributed by atoms with Crippen LogP contribution in [0, 0.1) is 5.92 Å². The number of esters is 1. The lowest BCUT2D eigenvalue weighted by molar-refractivity contribution is -0.148. The summed E-state index contributed by atoms with van der Waals surface area (Å²) < 4.78 is 11.0. The molecule has 2 unspecified atom stereocenters. The zero-order valence-corrected chi connectivity index (χ0v) is 12.9. The van der Waals surface area contributed by atoms with Crippen molar-refractivity contribution < 1.29 is 19.1 Å². The lowest BCUT2D eigenvalue weighted by atomic mass is 9.90. The van der Waals surface area contributed by atoms with E-state index in [9.17, 15) is 9.59 Å². The average molecular weight is 310 g/mol. The highest BCUT2D eigenvalue weighted by Crippen LogP contribution is 2.33. The lowest BCUT2D eigenvalue weighted by Crippen LogP contribution is -2.39. The van der Waals surface area contributed by atoms with Crippen molar-refractivity contribution >= 4 is 11.8 Å². The number of rotatable bonds is 5. The topological polar surface area (TPSA) is 52.6 Å². The van der Waals surface area contributed by atoms with Crippen LogP contribution >= 0.6 is 0 Å². The molecule has 0 radical (unpaired) electrons. The molecule has 4 nitrogen and oxygen atoms in total. The average Bonchev–Trinajstić information content (AvgIpc) is 2.99. The molecule has 118 valence electrons. The van der Waals surface area contributed by atoms with Crippen molar-refractivity contribution in [2.75, 3.05) is 6.61 Å². The van der Waals surface area contributed by atoms with Gasteiger partial charge in [-0.05, 0) is 18.6 Å². The van der Waals surface area contributed by atoms with E-state index in [0.717, 1.165) is 11.3 Å². The van der Waals surface area contributed by atoms with Crippen molar-refractivity contribution in [2.24, 2.45) is 5.92 Å². The van der Waals surface area contributed by atoms with Gasteiger partial charge in [-0.25, -0.2) is 0 Å². The van der Waals surface area contributed by atoms with Gasteiger partial charge in [0.1, 0.15) is 11.9 Å². The number of carbonyl (C=O) groups excluding carboxylic acids is 2. The van der Waals surface area contributed by atoms with Gasteiger partial charge in [0.25, 0.3) is 0 Å². The van der Waals surface area contributed by atoms with Gasteiger partial charge in [-0.15, -0.1) is 0 Å². The minimum Gasteiger partial charge on any atom is -0.488 e. The summed E-state index contributed by atoms with van der Waals surface area (Å²) in [6.45, 7) is 1.96. The number of ether oxygens (including phenoxy) is 2. The van der Waals surface area contributed by atoms with E-state index in [1.165, 1.54) is 0 Å². The minimum atomic E-state index is -0.954. The number of carbonyl (C=O) groups is 2. The molecule has 1 aliphatic heterocycles. The molecule has 0 fully saturated rings. The molecule has 0 aromatic heterocycles. The van der Waals surface area contributed by atoms with Gasteiger partial charge in [-0.3, -0.25) is 9.59 Å². The SMILES string of the molecule is CCOC(=O)C(C(=O)c1ccccc1)C1Cc2ccccc2O1. The number of para-hydroxylation sites is 1. The zero-order valence-electron chi connectivity index (χ0n) is 12.9. The smallest absolute Gasteiger partial charge is 0.320 e. The summed E-state index contributed by atoms with van der Waals surface area (Å²) in [5.41, 5.74) is 1.50. The van der Waals surface area contributed by atoms with Crippen LogP contribution in [-0.2, 0) is 16.0 Å². The molecule has 2 aromatic rings. The molecule has 1 aliphatic rings. The summed E-state index contributed by atoms with van der Waals surface area (Å²) in [7, 11) is 0. The maximum atomic E-state index is 12.8. The van der Waals surface area contributed by atoms with E-state index < -0.39 is 18.0 Å². The first kappa shape index (κ1) is 15.3. The Kier molecular flexibility index (Phi) is 4.42. The first-order chi connectivity index (χ1) is 11.2. The van der Waals surface area contributed by atoms with Gasteiger partial charge in [0.05, 0.1) is 6.61 Å². The fraction of sp³-hybridized carbons (Fsp3) is 0.263. The van der Waals surface area contributed by atoms with E-state index in [1.54, 1.807) is 31.2 Å². The third-order valence-corrected chi connectivity index (χ3v) is 3.93. The van der Waals surface area contributed by atoms with Gasteiger partial charge in [-0.2, -0.15) is 0 Å². The molecule has 23 heavy (non-hydrogen) atoms. The molecule has 0 N–H and O–H groups in total. The maximum absolute atomic E-state index is 12.8. The Morgan fingerprint density at radius 2 is 1.83 bits per heavy atom. The van der Waals surface area contributed by atoms with Crippen LogP contribution in [0.5, 0.6) is 5.75 Å². The fourth-order valence-electron chi connectivity index (χ4n) is 2.84. The van der Waals surface area contributed by atoms with Crippen LogP contribution in [0.4, 0.5) is 0 Å². The molecule has 2 aromatic carbocycles. The van der Waals surface area contributed by atoms with Crippen LogP contribution in [-0.4, -0.2) is 24.5 Å². The molecule has 0 spiro atoms. The van der Waals surface area contributed by atoms with Crippen LogP contribution in [0.3, 0.4) is 0 Å². The standard InChI is InChI=1S/C19H18O4/c1-2-22-19(21)17(18(20)13-8-4-3-5-9-13)16-12-14-10-6-7-11-15(14)23-16/h3-11,16-17H,2,12H2,1H3. The molecule has 0 saturated carbocycles. The summed E-state index contributed by atoms with van der Waals surface area (Å²) in [6, 6.07) is 16.4. The lowest BCUT2D eigenvalue weighted by Gasteiger charge is -2.20. The van der Waals surface area contributed by atoms with Crippen LogP contribution in [0.1, 0.15) is 22.8 Å².